The van der Waals surface area contributed by atoms with Crippen molar-refractivity contribution in [1.29, 1.82) is 0 Å². The lowest BCUT2D eigenvalue weighted by molar-refractivity contribution is -0.122. The van der Waals surface area contributed by atoms with Crippen molar-refractivity contribution in [2.75, 3.05) is 66.1 Å². The average molecular weight is 419 g/mol. The number of ketones is 1. The van der Waals surface area contributed by atoms with Crippen molar-refractivity contribution in [3.63, 3.8) is 0 Å². The first-order valence-electron chi connectivity index (χ1n) is 11.7. The van der Waals surface area contributed by atoms with Crippen LogP contribution in [0.25, 0.3) is 0 Å². The van der Waals surface area contributed by atoms with Crippen LogP contribution in [0.1, 0.15) is 78.1 Å². The molecule has 0 amide bonds. The molecular formula is C23H46O6. The van der Waals surface area contributed by atoms with E-state index in [1.54, 1.807) is 0 Å². The molecule has 0 rings (SSSR count). The lowest BCUT2D eigenvalue weighted by atomic mass is 10.1. The van der Waals surface area contributed by atoms with Crippen molar-refractivity contribution in [1.82, 2.24) is 0 Å². The number of Topliss-reactive ketones (excluding diaryl/α,β-unsaturated/α-hetero) is 1. The Bertz CT molecular complexity index is 324. The number of rotatable bonds is 25. The molecule has 6 heteroatoms. The predicted octanol–water partition coefficient (Wildman–Crippen LogP) is 4.58. The van der Waals surface area contributed by atoms with E-state index in [1.807, 2.05) is 0 Å². The van der Waals surface area contributed by atoms with E-state index in [2.05, 4.69) is 6.92 Å². The Hall–Kier alpha value is -0.530. The van der Waals surface area contributed by atoms with Crippen molar-refractivity contribution in [3.05, 3.63) is 0 Å². The van der Waals surface area contributed by atoms with E-state index in [9.17, 15) is 4.79 Å². The minimum absolute atomic E-state index is 0.0255. The smallest absolute Gasteiger partial charge is 0.155 e. The van der Waals surface area contributed by atoms with E-state index in [1.165, 1.54) is 64.7 Å². The van der Waals surface area contributed by atoms with Gasteiger partial charge in [-0.25, -0.2) is 0 Å². The maximum Gasteiger partial charge on any atom is 0.155 e. The summed E-state index contributed by atoms with van der Waals surface area (Å²) in [6, 6.07) is 0. The lowest BCUT2D eigenvalue weighted by Crippen LogP contribution is -2.14. The Morgan fingerprint density at radius 1 is 0.483 bits per heavy atom. The fourth-order valence-electron chi connectivity index (χ4n) is 2.79. The summed E-state index contributed by atoms with van der Waals surface area (Å²) >= 11 is 0. The minimum atomic E-state index is 0.0255. The molecular weight excluding hydrogens is 372 g/mol. The Kier molecular flexibility index (Phi) is 25.0. The number of ether oxygens (including phenoxy) is 5. The zero-order chi connectivity index (χ0) is 21.3. The van der Waals surface area contributed by atoms with Crippen LogP contribution in [-0.4, -0.2) is 71.9 Å². The Morgan fingerprint density at radius 2 is 0.828 bits per heavy atom. The van der Waals surface area contributed by atoms with Crippen molar-refractivity contribution < 1.29 is 28.5 Å². The third-order valence-electron chi connectivity index (χ3n) is 4.44. The number of unbranched alkanes of at least 4 members (excludes halogenated alkanes) is 9. The highest BCUT2D eigenvalue weighted by atomic mass is 16.6. The number of hydrogen-bond acceptors (Lipinski definition) is 6. The van der Waals surface area contributed by atoms with Crippen LogP contribution in [0, 0.1) is 0 Å². The monoisotopic (exact) mass is 418 g/mol. The van der Waals surface area contributed by atoms with Gasteiger partial charge in [0.25, 0.3) is 0 Å². The SMILES string of the molecule is CCCCCCCCCCCCOCCOCCOCCOCCOCC(C)=O. The molecule has 0 atom stereocenters. The summed E-state index contributed by atoms with van der Waals surface area (Å²) < 4.78 is 26.9. The van der Waals surface area contributed by atoms with Gasteiger partial charge < -0.3 is 23.7 Å². The highest BCUT2D eigenvalue weighted by Gasteiger charge is 1.96. The van der Waals surface area contributed by atoms with Crippen LogP contribution in [0.5, 0.6) is 0 Å². The molecule has 0 heterocycles. The van der Waals surface area contributed by atoms with Crippen LogP contribution in [0.15, 0.2) is 0 Å². The number of hydrogen-bond donors (Lipinski definition) is 0. The van der Waals surface area contributed by atoms with Gasteiger partial charge in [0, 0.05) is 6.61 Å². The number of carbonyl (C=O) groups is 1. The molecule has 0 saturated heterocycles. The van der Waals surface area contributed by atoms with Gasteiger partial charge in [0.1, 0.15) is 6.61 Å². The van der Waals surface area contributed by atoms with Gasteiger partial charge in [-0.05, 0) is 13.3 Å². The van der Waals surface area contributed by atoms with Crippen molar-refractivity contribution in [2.24, 2.45) is 0 Å². The summed E-state index contributed by atoms with van der Waals surface area (Å²) in [4.78, 5) is 10.7. The van der Waals surface area contributed by atoms with Crippen molar-refractivity contribution >= 4 is 5.78 Å². The highest BCUT2D eigenvalue weighted by Crippen LogP contribution is 2.10. The van der Waals surface area contributed by atoms with Crippen LogP contribution in [0.3, 0.4) is 0 Å². The van der Waals surface area contributed by atoms with Gasteiger partial charge >= 0.3 is 0 Å². The van der Waals surface area contributed by atoms with Crippen molar-refractivity contribution in [2.45, 2.75) is 78.1 Å². The molecule has 0 spiro atoms. The van der Waals surface area contributed by atoms with E-state index in [-0.39, 0.29) is 12.4 Å². The van der Waals surface area contributed by atoms with E-state index in [4.69, 9.17) is 23.7 Å². The van der Waals surface area contributed by atoms with Gasteiger partial charge in [0.15, 0.2) is 5.78 Å². The highest BCUT2D eigenvalue weighted by molar-refractivity contribution is 5.76. The fraction of sp³-hybridized carbons (Fsp3) is 0.957. The van der Waals surface area contributed by atoms with Gasteiger partial charge in [0.05, 0.1) is 52.9 Å². The standard InChI is InChI=1S/C23H46O6/c1-3-4-5-6-7-8-9-10-11-12-13-25-14-15-26-16-17-27-18-19-28-20-21-29-22-23(2)24/h3-22H2,1-2H3. The fourth-order valence-corrected chi connectivity index (χ4v) is 2.79. The van der Waals surface area contributed by atoms with Crippen LogP contribution in [0.2, 0.25) is 0 Å². The molecule has 6 nitrogen and oxygen atoms in total. The third kappa shape index (κ3) is 27.5. The maximum absolute atomic E-state index is 10.7. The first kappa shape index (κ1) is 28.5. The molecule has 0 aromatic carbocycles. The molecule has 0 aliphatic carbocycles. The van der Waals surface area contributed by atoms with Gasteiger partial charge in [-0.3, -0.25) is 4.79 Å². The van der Waals surface area contributed by atoms with Crippen molar-refractivity contribution in [3.8, 4) is 0 Å². The molecule has 0 N–H and O–H groups in total. The minimum Gasteiger partial charge on any atom is -0.379 e. The molecule has 174 valence electrons. The summed E-state index contributed by atoms with van der Waals surface area (Å²) in [5.74, 6) is 0.0255. The lowest BCUT2D eigenvalue weighted by Gasteiger charge is -2.08. The molecule has 0 aromatic rings. The Labute approximate surface area is 178 Å². The molecule has 29 heavy (non-hydrogen) atoms. The zero-order valence-corrected chi connectivity index (χ0v) is 19.1. The van der Waals surface area contributed by atoms with Gasteiger partial charge in [0.2, 0.25) is 0 Å². The Morgan fingerprint density at radius 3 is 1.24 bits per heavy atom. The Balaban J connectivity index is 2.99. The quantitative estimate of drug-likeness (QED) is 0.202. The summed E-state index contributed by atoms with van der Waals surface area (Å²) in [5, 5.41) is 0. The maximum atomic E-state index is 10.7. The summed E-state index contributed by atoms with van der Waals surface area (Å²) in [5.41, 5.74) is 0. The van der Waals surface area contributed by atoms with Gasteiger partial charge in [-0.1, -0.05) is 64.7 Å². The average Bonchev–Trinajstić information content (AvgIpc) is 2.71. The summed E-state index contributed by atoms with van der Waals surface area (Å²) in [6.07, 6.45) is 13.5. The number of carbonyl (C=O) groups excluding carboxylic acids is 1. The van der Waals surface area contributed by atoms with Crippen LogP contribution in [-0.2, 0) is 28.5 Å². The largest absolute Gasteiger partial charge is 0.379 e. The third-order valence-corrected chi connectivity index (χ3v) is 4.44. The van der Waals surface area contributed by atoms with E-state index >= 15 is 0 Å². The molecule has 0 bridgehead atoms. The van der Waals surface area contributed by atoms with Crippen LogP contribution in [0.4, 0.5) is 0 Å². The van der Waals surface area contributed by atoms with Gasteiger partial charge in [-0.2, -0.15) is 0 Å². The first-order chi connectivity index (χ1) is 14.3. The van der Waals surface area contributed by atoms with Crippen LogP contribution >= 0.6 is 0 Å². The molecule has 0 aliphatic rings. The van der Waals surface area contributed by atoms with E-state index in [0.29, 0.717) is 52.9 Å². The topological polar surface area (TPSA) is 63.2 Å². The van der Waals surface area contributed by atoms with E-state index in [0.717, 1.165) is 13.0 Å². The molecule has 0 aliphatic heterocycles. The molecule has 0 radical (unpaired) electrons. The van der Waals surface area contributed by atoms with Crippen LogP contribution < -0.4 is 0 Å². The second kappa shape index (κ2) is 25.5. The second-order valence-corrected chi connectivity index (χ2v) is 7.39. The van der Waals surface area contributed by atoms with Gasteiger partial charge in [-0.15, -0.1) is 0 Å². The predicted molar refractivity (Wildman–Crippen MR) is 117 cm³/mol. The summed E-state index contributed by atoms with van der Waals surface area (Å²) in [7, 11) is 0. The molecule has 0 saturated carbocycles. The zero-order valence-electron chi connectivity index (χ0n) is 19.1. The molecule has 0 fully saturated rings. The normalized spacial score (nSPS) is 11.2. The second-order valence-electron chi connectivity index (χ2n) is 7.39. The first-order valence-corrected chi connectivity index (χ1v) is 11.7. The van der Waals surface area contributed by atoms with E-state index < -0.39 is 0 Å². The molecule has 0 aromatic heterocycles. The molecule has 0 unspecified atom stereocenters. The summed E-state index contributed by atoms with van der Waals surface area (Å²) in [6.45, 7) is 9.12.